The maximum Gasteiger partial charge on any atom is 0.150 e. The monoisotopic (exact) mass is 237 g/mol. The Kier molecular flexibility index (Phi) is 4.52. The fraction of sp³-hybridized carbons (Fsp3) is 1.00. The van der Waals surface area contributed by atoms with E-state index in [2.05, 4.69) is 0 Å². The first-order chi connectivity index (χ1) is 6.95. The molecule has 0 saturated heterocycles. The third-order valence-corrected chi connectivity index (χ3v) is 4.87. The van der Waals surface area contributed by atoms with Crippen molar-refractivity contribution in [1.82, 2.24) is 0 Å². The second-order valence-electron chi connectivity index (χ2n) is 4.47. The molecule has 3 atom stereocenters. The molecule has 1 aliphatic rings. The van der Waals surface area contributed by atoms with E-state index in [-0.39, 0.29) is 11.2 Å². The normalized spacial score (nSPS) is 30.1. The van der Waals surface area contributed by atoms with Crippen molar-refractivity contribution in [2.24, 2.45) is 11.7 Å². The van der Waals surface area contributed by atoms with E-state index in [1.807, 2.05) is 0 Å². The zero-order valence-electron chi connectivity index (χ0n) is 9.15. The Morgan fingerprint density at radius 2 is 2.13 bits per heavy atom. The summed E-state index contributed by atoms with van der Waals surface area (Å²) in [6.07, 6.45) is 3.43. The third kappa shape index (κ3) is 3.72. The lowest BCUT2D eigenvalue weighted by atomic mass is 9.84. The topological polar surface area (TPSA) is 60.2 Å². The van der Waals surface area contributed by atoms with Crippen LogP contribution in [0, 0.1) is 5.92 Å². The molecule has 0 aromatic rings. The molecular formula is C10H20FNO2S. The molecule has 0 aromatic carbocycles. The standard InChI is InChI=1S/C10H20FNO2S/c1-15(13,14)9-4-2-3-8(7-9)10(11)5-6-12/h8-10H,2-7,12H2,1H3. The molecule has 1 aliphatic carbocycles. The molecular weight excluding hydrogens is 217 g/mol. The smallest absolute Gasteiger partial charge is 0.150 e. The number of nitrogens with two attached hydrogens (primary N) is 1. The van der Waals surface area contributed by atoms with Crippen molar-refractivity contribution >= 4 is 9.84 Å². The minimum absolute atomic E-state index is 0.109. The minimum atomic E-state index is -3.01. The number of rotatable bonds is 4. The second-order valence-corrected chi connectivity index (χ2v) is 6.80. The van der Waals surface area contributed by atoms with Crippen molar-refractivity contribution < 1.29 is 12.8 Å². The fourth-order valence-electron chi connectivity index (χ4n) is 2.29. The average molecular weight is 237 g/mol. The van der Waals surface area contributed by atoms with Crippen LogP contribution in [0.25, 0.3) is 0 Å². The molecule has 0 spiro atoms. The summed E-state index contributed by atoms with van der Waals surface area (Å²) >= 11 is 0. The molecule has 3 nitrogen and oxygen atoms in total. The molecule has 0 aliphatic heterocycles. The largest absolute Gasteiger partial charge is 0.330 e. The quantitative estimate of drug-likeness (QED) is 0.801. The summed E-state index contributed by atoms with van der Waals surface area (Å²) in [5.74, 6) is -0.109. The van der Waals surface area contributed by atoms with E-state index < -0.39 is 16.0 Å². The van der Waals surface area contributed by atoms with Crippen molar-refractivity contribution in [2.75, 3.05) is 12.8 Å². The van der Waals surface area contributed by atoms with Gasteiger partial charge in [0.1, 0.15) is 16.0 Å². The Bertz CT molecular complexity index is 292. The van der Waals surface area contributed by atoms with E-state index >= 15 is 0 Å². The molecule has 0 bridgehead atoms. The van der Waals surface area contributed by atoms with Crippen LogP contribution in [0.4, 0.5) is 4.39 Å². The molecule has 3 unspecified atom stereocenters. The number of hydrogen-bond acceptors (Lipinski definition) is 3. The molecule has 1 fully saturated rings. The van der Waals surface area contributed by atoms with Crippen LogP contribution in [0.3, 0.4) is 0 Å². The van der Waals surface area contributed by atoms with E-state index in [1.54, 1.807) is 0 Å². The summed E-state index contributed by atoms with van der Waals surface area (Å²) in [4.78, 5) is 0. The Balaban J connectivity index is 2.56. The van der Waals surface area contributed by atoms with Gasteiger partial charge in [0.15, 0.2) is 0 Å². The number of alkyl halides is 1. The molecule has 0 amide bonds. The van der Waals surface area contributed by atoms with Gasteiger partial charge in [-0.3, -0.25) is 0 Å². The first kappa shape index (κ1) is 12.9. The summed E-state index contributed by atoms with van der Waals surface area (Å²) in [5.41, 5.74) is 5.30. The molecule has 15 heavy (non-hydrogen) atoms. The maximum absolute atomic E-state index is 13.6. The highest BCUT2D eigenvalue weighted by molar-refractivity contribution is 7.91. The van der Waals surface area contributed by atoms with E-state index in [0.29, 0.717) is 25.8 Å². The Morgan fingerprint density at radius 3 is 2.67 bits per heavy atom. The lowest BCUT2D eigenvalue weighted by molar-refractivity contribution is 0.174. The van der Waals surface area contributed by atoms with Crippen LogP contribution in [-0.2, 0) is 9.84 Å². The van der Waals surface area contributed by atoms with Crippen LogP contribution in [0.2, 0.25) is 0 Å². The SMILES string of the molecule is CS(=O)(=O)C1CCCC(C(F)CCN)C1. The summed E-state index contributed by atoms with van der Waals surface area (Å²) in [6.45, 7) is 0.335. The highest BCUT2D eigenvalue weighted by Crippen LogP contribution is 2.32. The molecule has 0 radical (unpaired) electrons. The van der Waals surface area contributed by atoms with E-state index in [1.165, 1.54) is 6.26 Å². The zero-order valence-corrected chi connectivity index (χ0v) is 9.97. The summed E-state index contributed by atoms with van der Waals surface area (Å²) in [5, 5.41) is -0.340. The van der Waals surface area contributed by atoms with Crippen LogP contribution in [0.1, 0.15) is 32.1 Å². The van der Waals surface area contributed by atoms with Crippen molar-refractivity contribution in [3.63, 3.8) is 0 Å². The van der Waals surface area contributed by atoms with Crippen LogP contribution in [0.5, 0.6) is 0 Å². The third-order valence-electron chi connectivity index (χ3n) is 3.23. The highest BCUT2D eigenvalue weighted by Gasteiger charge is 2.32. The van der Waals surface area contributed by atoms with Gasteiger partial charge in [-0.25, -0.2) is 12.8 Å². The molecule has 2 N–H and O–H groups in total. The number of hydrogen-bond donors (Lipinski definition) is 1. The summed E-state index contributed by atoms with van der Waals surface area (Å²) in [7, 11) is -3.01. The van der Waals surface area contributed by atoms with Crippen molar-refractivity contribution in [3.8, 4) is 0 Å². The zero-order chi connectivity index (χ0) is 11.5. The predicted octanol–water partition coefficient (Wildman–Crippen LogP) is 1.28. The first-order valence-electron chi connectivity index (χ1n) is 5.48. The van der Waals surface area contributed by atoms with Gasteiger partial charge in [-0.15, -0.1) is 0 Å². The average Bonchev–Trinajstić information content (AvgIpc) is 2.17. The van der Waals surface area contributed by atoms with Crippen LogP contribution in [0.15, 0.2) is 0 Å². The van der Waals surface area contributed by atoms with Gasteiger partial charge in [-0.05, 0) is 38.1 Å². The molecule has 0 heterocycles. The molecule has 1 rings (SSSR count). The van der Waals surface area contributed by atoms with Gasteiger partial charge in [0.05, 0.1) is 5.25 Å². The van der Waals surface area contributed by atoms with Crippen LogP contribution < -0.4 is 5.73 Å². The van der Waals surface area contributed by atoms with Crippen molar-refractivity contribution in [1.29, 1.82) is 0 Å². The maximum atomic E-state index is 13.6. The van der Waals surface area contributed by atoms with E-state index in [0.717, 1.165) is 12.8 Å². The van der Waals surface area contributed by atoms with E-state index in [4.69, 9.17) is 5.73 Å². The Hall–Kier alpha value is -0.160. The van der Waals surface area contributed by atoms with Gasteiger partial charge >= 0.3 is 0 Å². The van der Waals surface area contributed by atoms with Gasteiger partial charge in [-0.2, -0.15) is 0 Å². The van der Waals surface area contributed by atoms with Gasteiger partial charge in [-0.1, -0.05) is 6.42 Å². The van der Waals surface area contributed by atoms with Gasteiger partial charge in [0, 0.05) is 6.26 Å². The molecule has 1 saturated carbocycles. The van der Waals surface area contributed by atoms with Gasteiger partial charge in [0.25, 0.3) is 0 Å². The minimum Gasteiger partial charge on any atom is -0.330 e. The van der Waals surface area contributed by atoms with Crippen LogP contribution >= 0.6 is 0 Å². The van der Waals surface area contributed by atoms with Gasteiger partial charge in [0.2, 0.25) is 0 Å². The Labute approximate surface area is 91.1 Å². The van der Waals surface area contributed by atoms with Crippen molar-refractivity contribution in [3.05, 3.63) is 0 Å². The number of halogens is 1. The summed E-state index contributed by atoms with van der Waals surface area (Å²) < 4.78 is 36.3. The van der Waals surface area contributed by atoms with Crippen molar-refractivity contribution in [2.45, 2.75) is 43.5 Å². The Morgan fingerprint density at radius 1 is 1.47 bits per heavy atom. The summed E-state index contributed by atoms with van der Waals surface area (Å²) in [6, 6.07) is 0. The second kappa shape index (κ2) is 5.25. The fourth-order valence-corrected chi connectivity index (χ4v) is 3.48. The lowest BCUT2D eigenvalue weighted by Gasteiger charge is -2.30. The predicted molar refractivity (Wildman–Crippen MR) is 59.2 cm³/mol. The van der Waals surface area contributed by atoms with E-state index in [9.17, 15) is 12.8 Å². The first-order valence-corrected chi connectivity index (χ1v) is 7.43. The molecule has 90 valence electrons. The molecule has 5 heteroatoms. The van der Waals surface area contributed by atoms with Gasteiger partial charge < -0.3 is 5.73 Å². The highest BCUT2D eigenvalue weighted by atomic mass is 32.2. The lowest BCUT2D eigenvalue weighted by Crippen LogP contribution is -2.32. The number of sulfone groups is 1. The molecule has 0 aromatic heterocycles. The van der Waals surface area contributed by atoms with Crippen LogP contribution in [-0.4, -0.2) is 32.6 Å².